The molecule has 2 aliphatic rings. The smallest absolute Gasteiger partial charge is 0.251 e. The van der Waals surface area contributed by atoms with Crippen LogP contribution >= 0.6 is 27.7 Å². The second-order valence-electron chi connectivity index (χ2n) is 5.80. The van der Waals surface area contributed by atoms with Crippen molar-refractivity contribution in [2.45, 2.75) is 28.7 Å². The fourth-order valence-corrected chi connectivity index (χ4v) is 3.91. The third kappa shape index (κ3) is 3.03. The van der Waals surface area contributed by atoms with Crippen molar-refractivity contribution in [3.8, 4) is 0 Å². The zero-order valence-electron chi connectivity index (χ0n) is 12.4. The minimum absolute atomic E-state index is 0.00258. The lowest BCUT2D eigenvalue weighted by Crippen LogP contribution is -2.25. The molecule has 1 aliphatic heterocycles. The third-order valence-corrected chi connectivity index (χ3v) is 5.57. The Labute approximate surface area is 147 Å². The van der Waals surface area contributed by atoms with Crippen LogP contribution in [0.3, 0.4) is 0 Å². The highest BCUT2D eigenvalue weighted by atomic mass is 79.9. The Bertz CT molecular complexity index is 830. The van der Waals surface area contributed by atoms with E-state index in [0.29, 0.717) is 11.6 Å². The standard InChI is InChI=1S/C18H15BrN2OS/c1-10-14-9-12(19)3-7-16(14)23-17-6-2-11(8-15(17)20-10)18(22)21-13-4-5-13/h2-3,6-9,13,20H,1,4-5H2,(H,21,22). The van der Waals surface area contributed by atoms with E-state index in [2.05, 4.69) is 45.3 Å². The van der Waals surface area contributed by atoms with Crippen LogP contribution in [0.15, 0.2) is 57.2 Å². The molecule has 0 saturated heterocycles. The number of fused-ring (bicyclic) bond motifs is 2. The second-order valence-corrected chi connectivity index (χ2v) is 7.80. The molecular formula is C18H15BrN2OS. The van der Waals surface area contributed by atoms with Crippen LogP contribution in [0.1, 0.15) is 28.8 Å². The number of rotatable bonds is 2. The van der Waals surface area contributed by atoms with Crippen molar-refractivity contribution in [2.75, 3.05) is 5.32 Å². The van der Waals surface area contributed by atoms with Crippen LogP contribution in [0.2, 0.25) is 0 Å². The van der Waals surface area contributed by atoms with Crippen LogP contribution in [-0.4, -0.2) is 11.9 Å². The summed E-state index contributed by atoms with van der Waals surface area (Å²) >= 11 is 5.19. The number of carbonyl (C=O) groups excluding carboxylic acids is 1. The van der Waals surface area contributed by atoms with E-state index < -0.39 is 0 Å². The first-order chi connectivity index (χ1) is 11.1. The molecule has 5 heteroatoms. The van der Waals surface area contributed by atoms with Crippen LogP contribution in [0.4, 0.5) is 5.69 Å². The van der Waals surface area contributed by atoms with Gasteiger partial charge >= 0.3 is 0 Å². The molecule has 0 spiro atoms. The molecule has 0 unspecified atom stereocenters. The van der Waals surface area contributed by atoms with Gasteiger partial charge in [0.1, 0.15) is 0 Å². The van der Waals surface area contributed by atoms with Gasteiger partial charge in [0.2, 0.25) is 0 Å². The Morgan fingerprint density at radius 1 is 1.22 bits per heavy atom. The molecule has 2 N–H and O–H groups in total. The molecule has 2 aromatic carbocycles. The zero-order chi connectivity index (χ0) is 16.0. The predicted octanol–water partition coefficient (Wildman–Crippen LogP) is 4.89. The Morgan fingerprint density at radius 2 is 2.00 bits per heavy atom. The zero-order valence-corrected chi connectivity index (χ0v) is 14.8. The van der Waals surface area contributed by atoms with E-state index in [4.69, 9.17) is 0 Å². The number of nitrogens with one attached hydrogen (secondary N) is 2. The summed E-state index contributed by atoms with van der Waals surface area (Å²) in [7, 11) is 0. The molecule has 0 atom stereocenters. The fraction of sp³-hybridized carbons (Fsp3) is 0.167. The summed E-state index contributed by atoms with van der Waals surface area (Å²) in [6.07, 6.45) is 2.18. The number of hydrogen-bond donors (Lipinski definition) is 2. The van der Waals surface area contributed by atoms with E-state index in [-0.39, 0.29) is 5.91 Å². The van der Waals surface area contributed by atoms with Gasteiger partial charge < -0.3 is 10.6 Å². The normalized spacial score (nSPS) is 16.0. The van der Waals surface area contributed by atoms with Gasteiger partial charge in [0.25, 0.3) is 5.91 Å². The molecule has 1 heterocycles. The van der Waals surface area contributed by atoms with Gasteiger partial charge in [-0.3, -0.25) is 4.79 Å². The lowest BCUT2D eigenvalue weighted by molar-refractivity contribution is 0.0951. The van der Waals surface area contributed by atoms with Crippen molar-refractivity contribution in [1.29, 1.82) is 0 Å². The van der Waals surface area contributed by atoms with Gasteiger partial charge in [-0.2, -0.15) is 0 Å². The van der Waals surface area contributed by atoms with E-state index in [1.54, 1.807) is 11.8 Å². The van der Waals surface area contributed by atoms with Crippen molar-refractivity contribution < 1.29 is 4.79 Å². The first-order valence-electron chi connectivity index (χ1n) is 7.49. The number of amides is 1. The van der Waals surface area contributed by atoms with Crippen molar-refractivity contribution in [3.63, 3.8) is 0 Å². The SMILES string of the molecule is C=C1Nc2cc(C(=O)NC3CC3)ccc2Sc2ccc(Br)cc21. The Balaban J connectivity index is 1.68. The summed E-state index contributed by atoms with van der Waals surface area (Å²) in [5.74, 6) is -0.00258. The first kappa shape index (κ1) is 14.8. The van der Waals surface area contributed by atoms with Gasteiger partial charge in [-0.1, -0.05) is 34.3 Å². The average Bonchev–Trinajstić information content (AvgIpc) is 3.34. The molecule has 1 aliphatic carbocycles. The number of hydrogen-bond acceptors (Lipinski definition) is 3. The summed E-state index contributed by atoms with van der Waals surface area (Å²) in [5.41, 5.74) is 3.52. The third-order valence-electron chi connectivity index (χ3n) is 3.93. The average molecular weight is 387 g/mol. The van der Waals surface area contributed by atoms with Gasteiger partial charge in [0.05, 0.1) is 5.69 Å². The molecule has 0 bridgehead atoms. The minimum atomic E-state index is -0.00258. The lowest BCUT2D eigenvalue weighted by atomic mass is 10.1. The summed E-state index contributed by atoms with van der Waals surface area (Å²) in [5, 5.41) is 6.38. The van der Waals surface area contributed by atoms with E-state index in [1.807, 2.05) is 24.3 Å². The number of anilines is 1. The molecule has 1 fully saturated rings. The lowest BCUT2D eigenvalue weighted by Gasteiger charge is -2.11. The molecule has 0 aromatic heterocycles. The molecule has 3 nitrogen and oxygen atoms in total. The number of benzene rings is 2. The molecule has 4 rings (SSSR count). The Kier molecular flexibility index (Phi) is 3.70. The highest BCUT2D eigenvalue weighted by Gasteiger charge is 2.24. The van der Waals surface area contributed by atoms with E-state index in [1.165, 1.54) is 0 Å². The highest BCUT2D eigenvalue weighted by molar-refractivity contribution is 9.10. The molecule has 1 saturated carbocycles. The molecular weight excluding hydrogens is 372 g/mol. The van der Waals surface area contributed by atoms with Crippen LogP contribution < -0.4 is 10.6 Å². The van der Waals surface area contributed by atoms with Gasteiger partial charge in [-0.15, -0.1) is 0 Å². The second kappa shape index (κ2) is 5.73. The van der Waals surface area contributed by atoms with E-state index >= 15 is 0 Å². The first-order valence-corrected chi connectivity index (χ1v) is 9.10. The van der Waals surface area contributed by atoms with Gasteiger partial charge in [-0.25, -0.2) is 0 Å². The molecule has 1 amide bonds. The summed E-state index contributed by atoms with van der Waals surface area (Å²) < 4.78 is 1.02. The van der Waals surface area contributed by atoms with Crippen molar-refractivity contribution >= 4 is 45.0 Å². The maximum atomic E-state index is 12.2. The van der Waals surface area contributed by atoms with E-state index in [0.717, 1.165) is 44.1 Å². The highest BCUT2D eigenvalue weighted by Crippen LogP contribution is 2.42. The number of halogens is 1. The molecule has 23 heavy (non-hydrogen) atoms. The quantitative estimate of drug-likeness (QED) is 0.771. The monoisotopic (exact) mass is 386 g/mol. The van der Waals surface area contributed by atoms with Crippen molar-refractivity contribution in [2.24, 2.45) is 0 Å². The maximum Gasteiger partial charge on any atom is 0.251 e. The molecule has 2 aromatic rings. The van der Waals surface area contributed by atoms with Gasteiger partial charge in [-0.05, 0) is 49.2 Å². The summed E-state index contributed by atoms with van der Waals surface area (Å²) in [4.78, 5) is 14.5. The Hall–Kier alpha value is -1.72. The van der Waals surface area contributed by atoms with Crippen LogP contribution in [-0.2, 0) is 0 Å². The summed E-state index contributed by atoms with van der Waals surface area (Å²) in [6.45, 7) is 4.14. The molecule has 116 valence electrons. The van der Waals surface area contributed by atoms with Crippen LogP contribution in [0.5, 0.6) is 0 Å². The van der Waals surface area contributed by atoms with Crippen LogP contribution in [0, 0.1) is 0 Å². The minimum Gasteiger partial charge on any atom is -0.355 e. The van der Waals surface area contributed by atoms with Gasteiger partial charge in [0, 0.05) is 37.1 Å². The van der Waals surface area contributed by atoms with Crippen molar-refractivity contribution in [1.82, 2.24) is 5.32 Å². The van der Waals surface area contributed by atoms with Gasteiger partial charge in [0.15, 0.2) is 0 Å². The van der Waals surface area contributed by atoms with E-state index in [9.17, 15) is 4.79 Å². The maximum absolute atomic E-state index is 12.2. The topological polar surface area (TPSA) is 41.1 Å². The predicted molar refractivity (Wildman–Crippen MR) is 97.9 cm³/mol. The summed E-state index contributed by atoms with van der Waals surface area (Å²) in [6, 6.07) is 12.3. The number of carbonyl (C=O) groups is 1. The Morgan fingerprint density at radius 3 is 2.78 bits per heavy atom. The molecule has 0 radical (unpaired) electrons. The largest absolute Gasteiger partial charge is 0.355 e. The van der Waals surface area contributed by atoms with Crippen LogP contribution in [0.25, 0.3) is 5.70 Å². The van der Waals surface area contributed by atoms with Crippen molar-refractivity contribution in [3.05, 3.63) is 58.6 Å². The fourth-order valence-electron chi connectivity index (χ4n) is 2.53.